The lowest BCUT2D eigenvalue weighted by atomic mass is 9.82. The standard InChI is InChI=1S/C15H24N2O2S/c1-12-3-2-4-14(9-12)10-17-15-7-5-13(6-8-15)11-20(16,18)19/h5-8,12,14,17H,2-4,9-11H2,1H3,(H2,16,18,19). The van der Waals surface area contributed by atoms with Crippen LogP contribution in [-0.4, -0.2) is 15.0 Å². The van der Waals surface area contributed by atoms with Crippen LogP contribution < -0.4 is 10.5 Å². The highest BCUT2D eigenvalue weighted by Gasteiger charge is 2.18. The van der Waals surface area contributed by atoms with E-state index in [1.54, 1.807) is 0 Å². The first-order valence-corrected chi connectivity index (χ1v) is 8.97. The quantitative estimate of drug-likeness (QED) is 0.877. The zero-order chi connectivity index (χ0) is 14.6. The van der Waals surface area contributed by atoms with Crippen LogP contribution in [0.3, 0.4) is 0 Å². The Hall–Kier alpha value is -1.07. The number of sulfonamides is 1. The molecule has 1 fully saturated rings. The van der Waals surface area contributed by atoms with Gasteiger partial charge in [0.15, 0.2) is 0 Å². The van der Waals surface area contributed by atoms with Crippen LogP contribution in [0.5, 0.6) is 0 Å². The third-order valence-corrected chi connectivity index (χ3v) is 4.70. The Bertz CT molecular complexity index is 525. The summed E-state index contributed by atoms with van der Waals surface area (Å²) in [7, 11) is -3.45. The molecule has 1 aromatic rings. The second kappa shape index (κ2) is 6.59. The van der Waals surface area contributed by atoms with Gasteiger partial charge in [-0.2, -0.15) is 0 Å². The van der Waals surface area contributed by atoms with Gasteiger partial charge < -0.3 is 5.32 Å². The van der Waals surface area contributed by atoms with Gasteiger partial charge in [-0.15, -0.1) is 0 Å². The highest BCUT2D eigenvalue weighted by molar-refractivity contribution is 7.88. The van der Waals surface area contributed by atoms with Gasteiger partial charge in [0, 0.05) is 12.2 Å². The molecule has 0 spiro atoms. The van der Waals surface area contributed by atoms with Gasteiger partial charge >= 0.3 is 0 Å². The van der Waals surface area contributed by atoms with Gasteiger partial charge in [0.25, 0.3) is 0 Å². The Kier molecular flexibility index (Phi) is 5.05. The molecular weight excluding hydrogens is 272 g/mol. The van der Waals surface area contributed by atoms with Gasteiger partial charge in [-0.1, -0.05) is 31.9 Å². The van der Waals surface area contributed by atoms with E-state index in [4.69, 9.17) is 5.14 Å². The largest absolute Gasteiger partial charge is 0.385 e. The Morgan fingerprint density at radius 2 is 1.95 bits per heavy atom. The van der Waals surface area contributed by atoms with Gasteiger partial charge in [-0.25, -0.2) is 13.6 Å². The van der Waals surface area contributed by atoms with Crippen molar-refractivity contribution in [1.82, 2.24) is 0 Å². The maximum absolute atomic E-state index is 11.0. The van der Waals surface area contributed by atoms with Gasteiger partial charge in [-0.05, 0) is 42.4 Å². The van der Waals surface area contributed by atoms with Crippen molar-refractivity contribution >= 4 is 15.7 Å². The molecule has 1 saturated carbocycles. The van der Waals surface area contributed by atoms with E-state index in [1.165, 1.54) is 25.7 Å². The molecular formula is C15H24N2O2S. The van der Waals surface area contributed by atoms with Crippen molar-refractivity contribution in [3.8, 4) is 0 Å². The Morgan fingerprint density at radius 3 is 2.55 bits per heavy atom. The molecule has 2 unspecified atom stereocenters. The molecule has 2 rings (SSSR count). The van der Waals surface area contributed by atoms with Crippen LogP contribution in [0.2, 0.25) is 0 Å². The predicted molar refractivity (Wildman–Crippen MR) is 82.9 cm³/mol. The first-order valence-electron chi connectivity index (χ1n) is 7.25. The number of rotatable bonds is 5. The summed E-state index contributed by atoms with van der Waals surface area (Å²) in [6, 6.07) is 7.48. The van der Waals surface area contributed by atoms with Gasteiger partial charge in [0.05, 0.1) is 5.75 Å². The smallest absolute Gasteiger partial charge is 0.213 e. The number of primary sulfonamides is 1. The second-order valence-corrected chi connectivity index (χ2v) is 7.64. The van der Waals surface area contributed by atoms with Crippen molar-refractivity contribution < 1.29 is 8.42 Å². The van der Waals surface area contributed by atoms with Crippen molar-refractivity contribution in [3.63, 3.8) is 0 Å². The van der Waals surface area contributed by atoms with Crippen LogP contribution in [-0.2, 0) is 15.8 Å². The summed E-state index contributed by atoms with van der Waals surface area (Å²) in [4.78, 5) is 0. The van der Waals surface area contributed by atoms with Gasteiger partial charge in [0.2, 0.25) is 10.0 Å². The number of hydrogen-bond donors (Lipinski definition) is 2. The third-order valence-electron chi connectivity index (χ3n) is 3.96. The van der Waals surface area contributed by atoms with E-state index in [2.05, 4.69) is 12.2 Å². The molecule has 0 radical (unpaired) electrons. The molecule has 112 valence electrons. The van der Waals surface area contributed by atoms with Crippen molar-refractivity contribution in [2.75, 3.05) is 11.9 Å². The van der Waals surface area contributed by atoms with E-state index in [9.17, 15) is 8.42 Å². The molecule has 0 heterocycles. The molecule has 3 N–H and O–H groups in total. The van der Waals surface area contributed by atoms with Crippen molar-refractivity contribution in [2.45, 2.75) is 38.4 Å². The SMILES string of the molecule is CC1CCCC(CNc2ccc(CS(N)(=O)=O)cc2)C1. The van der Waals surface area contributed by atoms with Crippen LogP contribution >= 0.6 is 0 Å². The zero-order valence-electron chi connectivity index (χ0n) is 12.0. The topological polar surface area (TPSA) is 72.2 Å². The lowest BCUT2D eigenvalue weighted by molar-refractivity contribution is 0.293. The molecule has 0 aliphatic heterocycles. The molecule has 5 heteroatoms. The molecule has 0 aromatic heterocycles. The highest BCUT2D eigenvalue weighted by Crippen LogP contribution is 2.28. The minimum absolute atomic E-state index is 0.104. The van der Waals surface area contributed by atoms with Crippen LogP contribution in [0.1, 0.15) is 38.2 Å². The molecule has 0 saturated heterocycles. The average Bonchev–Trinajstić information content (AvgIpc) is 2.36. The lowest BCUT2D eigenvalue weighted by Crippen LogP contribution is -2.21. The molecule has 4 nitrogen and oxygen atoms in total. The minimum Gasteiger partial charge on any atom is -0.385 e. The molecule has 1 aromatic carbocycles. The molecule has 1 aliphatic carbocycles. The highest BCUT2D eigenvalue weighted by atomic mass is 32.2. The van der Waals surface area contributed by atoms with Crippen LogP contribution in [0.25, 0.3) is 0 Å². The minimum atomic E-state index is -3.45. The van der Waals surface area contributed by atoms with E-state index in [0.29, 0.717) is 0 Å². The lowest BCUT2D eigenvalue weighted by Gasteiger charge is -2.27. The van der Waals surface area contributed by atoms with Crippen molar-refractivity contribution in [1.29, 1.82) is 0 Å². The number of hydrogen-bond acceptors (Lipinski definition) is 3. The molecule has 20 heavy (non-hydrogen) atoms. The average molecular weight is 296 g/mol. The summed E-state index contributed by atoms with van der Waals surface area (Å²) in [5.41, 5.74) is 1.77. The van der Waals surface area contributed by atoms with Crippen LogP contribution in [0.15, 0.2) is 24.3 Å². The van der Waals surface area contributed by atoms with Gasteiger partial charge in [0.1, 0.15) is 0 Å². The van der Waals surface area contributed by atoms with Crippen LogP contribution in [0.4, 0.5) is 5.69 Å². The van der Waals surface area contributed by atoms with Gasteiger partial charge in [-0.3, -0.25) is 0 Å². The predicted octanol–water partition coefficient (Wildman–Crippen LogP) is 2.71. The number of anilines is 1. The van der Waals surface area contributed by atoms with E-state index in [0.717, 1.165) is 29.6 Å². The fourth-order valence-corrected chi connectivity index (χ4v) is 3.62. The summed E-state index contributed by atoms with van der Waals surface area (Å²) in [6.07, 6.45) is 5.30. The number of benzene rings is 1. The van der Waals surface area contributed by atoms with Crippen LogP contribution in [0, 0.1) is 11.8 Å². The molecule has 0 amide bonds. The summed E-state index contributed by atoms with van der Waals surface area (Å²) >= 11 is 0. The summed E-state index contributed by atoms with van der Waals surface area (Å²) in [5, 5.41) is 8.48. The van der Waals surface area contributed by atoms with E-state index in [-0.39, 0.29) is 5.75 Å². The van der Waals surface area contributed by atoms with Crippen molar-refractivity contribution in [2.24, 2.45) is 17.0 Å². The summed E-state index contributed by atoms with van der Waals surface area (Å²) < 4.78 is 22.0. The fourth-order valence-electron chi connectivity index (χ4n) is 2.96. The Balaban J connectivity index is 1.84. The first kappa shape index (κ1) is 15.3. The molecule has 2 atom stereocenters. The fraction of sp³-hybridized carbons (Fsp3) is 0.600. The number of nitrogens with two attached hydrogens (primary N) is 1. The third kappa shape index (κ3) is 5.13. The van der Waals surface area contributed by atoms with E-state index >= 15 is 0 Å². The summed E-state index contributed by atoms with van der Waals surface area (Å²) in [6.45, 7) is 3.33. The van der Waals surface area contributed by atoms with Crippen molar-refractivity contribution in [3.05, 3.63) is 29.8 Å². The Labute approximate surface area is 121 Å². The zero-order valence-corrected chi connectivity index (χ0v) is 12.8. The van der Waals surface area contributed by atoms with E-state index < -0.39 is 10.0 Å². The normalized spacial score (nSPS) is 23.5. The maximum Gasteiger partial charge on any atom is 0.213 e. The first-order chi connectivity index (χ1) is 9.42. The maximum atomic E-state index is 11.0. The molecule has 0 bridgehead atoms. The van der Waals surface area contributed by atoms with E-state index in [1.807, 2.05) is 24.3 Å². The Morgan fingerprint density at radius 1 is 1.25 bits per heavy atom. The number of nitrogens with one attached hydrogen (secondary N) is 1. The molecule has 1 aliphatic rings. The summed E-state index contributed by atoms with van der Waals surface area (Å²) in [5.74, 6) is 1.49. The monoisotopic (exact) mass is 296 g/mol. The second-order valence-electron chi connectivity index (χ2n) is 6.02.